The molecular weight excluding hydrogens is 765 g/mol. The fourth-order valence-corrected chi connectivity index (χ4v) is 7.96. The van der Waals surface area contributed by atoms with Crippen molar-refractivity contribution in [2.75, 3.05) is 75.6 Å². The highest BCUT2D eigenvalue weighted by molar-refractivity contribution is 5.88. The van der Waals surface area contributed by atoms with Crippen molar-refractivity contribution >= 4 is 30.0 Å². The van der Waals surface area contributed by atoms with Crippen molar-refractivity contribution in [3.05, 3.63) is 23.8 Å². The van der Waals surface area contributed by atoms with E-state index in [1.165, 1.54) is 6.42 Å². The third-order valence-corrected chi connectivity index (χ3v) is 11.5. The first kappa shape index (κ1) is 56.8. The molecule has 2 rings (SSSR count). The second kappa shape index (κ2) is 31.6. The summed E-state index contributed by atoms with van der Waals surface area (Å²) in [4.78, 5) is 69.2. The number of methoxy groups -OCH3 is 2. The summed E-state index contributed by atoms with van der Waals surface area (Å²) in [5, 5.41) is 15.0. The molecule has 14 heteroatoms. The maximum atomic E-state index is 12.9. The lowest BCUT2D eigenvalue weighted by molar-refractivity contribution is -0.143. The highest BCUT2D eigenvalue weighted by Gasteiger charge is 2.37. The summed E-state index contributed by atoms with van der Waals surface area (Å²) in [5.74, 6) is -1.72. The quantitative estimate of drug-likeness (QED) is 0.0813. The first-order chi connectivity index (χ1) is 28.4. The maximum Gasteiger partial charge on any atom is 0.326 e. The summed E-state index contributed by atoms with van der Waals surface area (Å²) in [6, 6.07) is -1.25. The predicted octanol–water partition coefficient (Wildman–Crippen LogP) is 5.26. The van der Waals surface area contributed by atoms with Crippen LogP contribution >= 0.6 is 0 Å². The monoisotopic (exact) mass is 851 g/mol. The minimum absolute atomic E-state index is 0.0719. The van der Waals surface area contributed by atoms with Crippen LogP contribution in [0.4, 0.5) is 0 Å². The van der Waals surface area contributed by atoms with Gasteiger partial charge in [0.2, 0.25) is 17.7 Å². The molecule has 1 fully saturated rings. The van der Waals surface area contributed by atoms with Crippen LogP contribution in [0, 0.1) is 17.8 Å². The summed E-state index contributed by atoms with van der Waals surface area (Å²) in [6.45, 7) is 17.0. The van der Waals surface area contributed by atoms with Crippen LogP contribution in [0.3, 0.4) is 0 Å². The normalized spacial score (nSPS) is 18.8. The zero-order valence-electron chi connectivity index (χ0n) is 40.0. The van der Waals surface area contributed by atoms with Crippen LogP contribution in [0.25, 0.3) is 0 Å². The molecule has 0 saturated carbocycles. The fraction of sp³-hybridized carbons (Fsp3) is 0.804. The standard InChI is InChI=1S/C24H48N4O4.C19H30N2O4.C3H8/c1-10-19(4)23(20(32-9)13-16-29)28(8)21(30)17-25-24(31)22(18(2)3)27(7)15-12-11-14-26(5)6;1-13(17(25-3)16-10-7-11-21(16)2)18(22)20-15(19(23)24)12-14-8-5-4-6-9-14;1-3-2/h16,18-20,22-23H,10-15,17H2,1-9H3,(H,25,31);5,8-9,13,15-17H,4,6-7,10-12H2,1-3H3,(H,20,22)(H,23,24);3H2,1-2H3. The molecule has 0 bridgehead atoms. The second-order valence-electron chi connectivity index (χ2n) is 17.2. The molecule has 1 heterocycles. The van der Waals surface area contributed by atoms with E-state index in [1.54, 1.807) is 26.2 Å². The van der Waals surface area contributed by atoms with Gasteiger partial charge in [-0.15, -0.1) is 0 Å². The second-order valence-corrected chi connectivity index (χ2v) is 17.2. The summed E-state index contributed by atoms with van der Waals surface area (Å²) in [6.07, 6.45) is 14.9. The van der Waals surface area contributed by atoms with Crippen LogP contribution in [0.15, 0.2) is 23.8 Å². The van der Waals surface area contributed by atoms with Crippen molar-refractivity contribution in [2.24, 2.45) is 17.8 Å². The van der Waals surface area contributed by atoms with E-state index in [-0.39, 0.29) is 72.9 Å². The number of likely N-dealkylation sites (tertiary alicyclic amines) is 1. The average Bonchev–Trinajstić information content (AvgIpc) is 3.63. The van der Waals surface area contributed by atoms with Gasteiger partial charge in [-0.3, -0.25) is 19.3 Å². The zero-order valence-corrected chi connectivity index (χ0v) is 40.0. The molecule has 0 aromatic rings. The van der Waals surface area contributed by atoms with Crippen LogP contribution in [0.1, 0.15) is 113 Å². The topological polar surface area (TPSA) is 161 Å². The van der Waals surface area contributed by atoms with E-state index in [0.717, 1.165) is 76.4 Å². The number of carbonyl (C=O) groups excluding carboxylic acids is 4. The highest BCUT2D eigenvalue weighted by Crippen LogP contribution is 2.25. The van der Waals surface area contributed by atoms with Crippen LogP contribution in [-0.2, 0) is 33.4 Å². The molecule has 1 saturated heterocycles. The lowest BCUT2D eigenvalue weighted by atomic mass is 9.91. The minimum Gasteiger partial charge on any atom is -0.480 e. The molecule has 348 valence electrons. The number of hydrogen-bond acceptors (Lipinski definition) is 10. The Kier molecular flexibility index (Phi) is 30.0. The molecule has 14 nitrogen and oxygen atoms in total. The van der Waals surface area contributed by atoms with Crippen molar-refractivity contribution in [2.45, 2.75) is 149 Å². The smallest absolute Gasteiger partial charge is 0.326 e. The molecule has 60 heavy (non-hydrogen) atoms. The molecule has 0 spiro atoms. The van der Waals surface area contributed by atoms with E-state index in [1.807, 2.05) is 66.9 Å². The molecular formula is C46H86N6O8. The number of carbonyl (C=O) groups is 5. The van der Waals surface area contributed by atoms with Crippen molar-refractivity contribution < 1.29 is 38.6 Å². The van der Waals surface area contributed by atoms with E-state index in [4.69, 9.17) is 9.47 Å². The number of nitrogens with zero attached hydrogens (tertiary/aromatic N) is 4. The molecule has 3 amide bonds. The number of likely N-dealkylation sites (N-methyl/N-ethyl adjacent to an activating group) is 3. The molecule has 0 aromatic carbocycles. The number of amides is 3. The molecule has 0 radical (unpaired) electrons. The van der Waals surface area contributed by atoms with Gasteiger partial charge in [-0.25, -0.2) is 4.79 Å². The molecule has 8 unspecified atom stereocenters. The zero-order chi connectivity index (χ0) is 45.9. The Balaban J connectivity index is 0.00000111. The third kappa shape index (κ3) is 20.6. The molecule has 8 atom stereocenters. The van der Waals surface area contributed by atoms with E-state index < -0.39 is 17.9 Å². The number of nitrogens with one attached hydrogen (secondary N) is 2. The van der Waals surface area contributed by atoms with Crippen LogP contribution < -0.4 is 10.6 Å². The first-order valence-corrected chi connectivity index (χ1v) is 22.3. The van der Waals surface area contributed by atoms with E-state index in [2.05, 4.69) is 53.3 Å². The van der Waals surface area contributed by atoms with Gasteiger partial charge in [0.15, 0.2) is 0 Å². The number of hydrogen-bond donors (Lipinski definition) is 3. The molecule has 1 aliphatic carbocycles. The van der Waals surface area contributed by atoms with E-state index in [9.17, 15) is 29.1 Å². The van der Waals surface area contributed by atoms with Crippen molar-refractivity contribution in [3.8, 4) is 0 Å². The van der Waals surface area contributed by atoms with Crippen molar-refractivity contribution in [1.82, 2.24) is 30.2 Å². The lowest BCUT2D eigenvalue weighted by Crippen LogP contribution is -2.54. The van der Waals surface area contributed by atoms with Gasteiger partial charge in [-0.2, -0.15) is 0 Å². The number of carboxylic acid groups (broad SMARTS) is 1. The minimum atomic E-state index is -1.01. The summed E-state index contributed by atoms with van der Waals surface area (Å²) >= 11 is 0. The molecule has 1 aliphatic heterocycles. The van der Waals surface area contributed by atoms with E-state index in [0.29, 0.717) is 6.42 Å². The average molecular weight is 851 g/mol. The van der Waals surface area contributed by atoms with Gasteiger partial charge in [0.05, 0.1) is 36.8 Å². The van der Waals surface area contributed by atoms with Gasteiger partial charge in [0, 0.05) is 40.2 Å². The Morgan fingerprint density at radius 2 is 1.60 bits per heavy atom. The Bertz CT molecular complexity index is 1310. The molecule has 0 aromatic heterocycles. The number of unbranched alkanes of at least 4 members (excludes halogenated alkanes) is 1. The van der Waals surface area contributed by atoms with Crippen LogP contribution in [-0.4, -0.2) is 167 Å². The number of allylic oxidation sites excluding steroid dienone is 3. The third-order valence-electron chi connectivity index (χ3n) is 11.5. The van der Waals surface area contributed by atoms with Gasteiger partial charge in [0.1, 0.15) is 12.3 Å². The van der Waals surface area contributed by atoms with Crippen molar-refractivity contribution in [1.29, 1.82) is 0 Å². The Morgan fingerprint density at radius 3 is 2.07 bits per heavy atom. The Hall–Kier alpha value is -3.17. The summed E-state index contributed by atoms with van der Waals surface area (Å²) < 4.78 is 11.1. The predicted molar refractivity (Wildman–Crippen MR) is 242 cm³/mol. The number of aldehydes is 1. The fourth-order valence-electron chi connectivity index (χ4n) is 7.96. The molecule has 2 aliphatic rings. The molecule has 3 N–H and O–H groups in total. The van der Waals surface area contributed by atoms with Crippen LogP contribution in [0.2, 0.25) is 0 Å². The number of carboxylic acids is 1. The van der Waals surface area contributed by atoms with E-state index >= 15 is 0 Å². The first-order valence-electron chi connectivity index (χ1n) is 22.3. The van der Waals surface area contributed by atoms with Gasteiger partial charge < -0.3 is 44.7 Å². The number of ether oxygens (including phenoxy) is 2. The van der Waals surface area contributed by atoms with Gasteiger partial charge in [-0.05, 0) is 104 Å². The van der Waals surface area contributed by atoms with Gasteiger partial charge >= 0.3 is 5.97 Å². The number of aliphatic carboxylic acids is 1. The van der Waals surface area contributed by atoms with Crippen LogP contribution in [0.5, 0.6) is 0 Å². The van der Waals surface area contributed by atoms with Gasteiger partial charge in [-0.1, -0.05) is 79.5 Å². The van der Waals surface area contributed by atoms with Crippen molar-refractivity contribution in [3.63, 3.8) is 0 Å². The lowest BCUT2D eigenvalue weighted by Gasteiger charge is -2.37. The summed E-state index contributed by atoms with van der Waals surface area (Å²) in [5.41, 5.74) is 0.963. The van der Waals surface area contributed by atoms with Gasteiger partial charge in [0.25, 0.3) is 0 Å². The SMILES string of the molecule is CCC.CCC(C)C(C(CC=O)OC)N(C)C(=O)CNC(=O)C(C(C)C)N(C)CCCCN(C)C.COC(C(C)C(=O)NC(CC1=CCCC=C1)C(=O)O)C1CCCN1C. The Morgan fingerprint density at radius 1 is 0.967 bits per heavy atom. The Labute approximate surface area is 364 Å². The number of rotatable bonds is 25. The summed E-state index contributed by atoms with van der Waals surface area (Å²) in [7, 11) is 13.0. The highest BCUT2D eigenvalue weighted by atomic mass is 16.5. The maximum absolute atomic E-state index is 12.9. The largest absolute Gasteiger partial charge is 0.480 e.